The molecule has 4 aliphatic carbocycles. The lowest BCUT2D eigenvalue weighted by molar-refractivity contribution is -0.140. The maximum Gasteiger partial charge on any atom is 0.336 e. The average Bonchev–Trinajstić information content (AvgIpc) is 3.26. The summed E-state index contributed by atoms with van der Waals surface area (Å²) in [6, 6.07) is 7.25. The summed E-state index contributed by atoms with van der Waals surface area (Å²) in [5.41, 5.74) is 1.98. The highest BCUT2D eigenvalue weighted by Gasteiger charge is 2.60. The van der Waals surface area contributed by atoms with Crippen molar-refractivity contribution in [3.05, 3.63) is 40.2 Å². The molecule has 4 fully saturated rings. The zero-order valence-electron chi connectivity index (χ0n) is 24.0. The van der Waals surface area contributed by atoms with E-state index < -0.39 is 0 Å². The molecule has 0 aliphatic heterocycles. The van der Waals surface area contributed by atoms with Gasteiger partial charge in [0.15, 0.2) is 0 Å². The molecule has 6 rings (SSSR count). The van der Waals surface area contributed by atoms with E-state index in [2.05, 4.69) is 19.2 Å². The molecule has 1 heterocycles. The molecule has 8 atom stereocenters. The second-order valence-electron chi connectivity index (χ2n) is 13.5. The zero-order chi connectivity index (χ0) is 27.2. The number of hydrogen-bond donors (Lipinski definition) is 2. The number of rotatable bonds is 8. The summed E-state index contributed by atoms with van der Waals surface area (Å²) >= 11 is 0. The topological polar surface area (TPSA) is 80.9 Å². The van der Waals surface area contributed by atoms with Gasteiger partial charge in [-0.15, -0.1) is 0 Å². The van der Waals surface area contributed by atoms with Crippen molar-refractivity contribution in [3.63, 3.8) is 0 Å². The third kappa shape index (κ3) is 4.95. The largest absolute Gasteiger partial charge is 0.497 e. The molecule has 39 heavy (non-hydrogen) atoms. The van der Waals surface area contributed by atoms with Gasteiger partial charge in [0.05, 0.1) is 25.9 Å². The van der Waals surface area contributed by atoms with Gasteiger partial charge < -0.3 is 24.3 Å². The molecule has 0 unspecified atom stereocenters. The van der Waals surface area contributed by atoms with Crippen LogP contribution in [-0.2, 0) is 11.2 Å². The smallest absolute Gasteiger partial charge is 0.336 e. The van der Waals surface area contributed by atoms with Crippen LogP contribution < -0.4 is 15.7 Å². The van der Waals surface area contributed by atoms with Crippen molar-refractivity contribution in [2.45, 2.75) is 90.3 Å². The first kappa shape index (κ1) is 27.3. The summed E-state index contributed by atoms with van der Waals surface area (Å²) in [6.07, 6.45) is 12.1. The summed E-state index contributed by atoms with van der Waals surface area (Å²) in [5, 5.41) is 14.8. The second kappa shape index (κ2) is 10.8. The molecule has 1 aromatic carbocycles. The molecule has 4 saturated carbocycles. The van der Waals surface area contributed by atoms with E-state index in [0.717, 1.165) is 73.6 Å². The van der Waals surface area contributed by atoms with Crippen LogP contribution in [0.5, 0.6) is 5.75 Å². The third-order valence-corrected chi connectivity index (χ3v) is 11.8. The maximum atomic E-state index is 12.1. The predicted molar refractivity (Wildman–Crippen MR) is 153 cm³/mol. The van der Waals surface area contributed by atoms with Gasteiger partial charge in [-0.2, -0.15) is 0 Å². The average molecular weight is 538 g/mol. The summed E-state index contributed by atoms with van der Waals surface area (Å²) in [4.78, 5) is 12.1. The van der Waals surface area contributed by atoms with Crippen molar-refractivity contribution in [1.29, 1.82) is 0 Å². The van der Waals surface area contributed by atoms with Crippen molar-refractivity contribution in [2.75, 3.05) is 26.8 Å². The van der Waals surface area contributed by atoms with Crippen molar-refractivity contribution in [3.8, 4) is 5.75 Å². The molecule has 4 aliphatic rings. The molecule has 2 N–H and O–H groups in total. The van der Waals surface area contributed by atoms with E-state index in [4.69, 9.17) is 13.9 Å². The number of nitrogens with one attached hydrogen (secondary N) is 1. The minimum atomic E-state index is -0.323. The quantitative estimate of drug-likeness (QED) is 0.331. The van der Waals surface area contributed by atoms with Gasteiger partial charge in [-0.25, -0.2) is 4.79 Å². The molecule has 0 bridgehead atoms. The minimum absolute atomic E-state index is 0.0674. The fourth-order valence-corrected chi connectivity index (χ4v) is 9.63. The normalized spacial score (nSPS) is 37.7. The highest BCUT2D eigenvalue weighted by molar-refractivity contribution is 5.81. The van der Waals surface area contributed by atoms with Crippen LogP contribution in [0.3, 0.4) is 0 Å². The molecular formula is C33H47NO5. The van der Waals surface area contributed by atoms with Crippen molar-refractivity contribution in [2.24, 2.45) is 34.5 Å². The molecule has 6 heteroatoms. The summed E-state index contributed by atoms with van der Waals surface area (Å²) in [5.74, 6) is 3.86. The van der Waals surface area contributed by atoms with Crippen molar-refractivity contribution < 1.29 is 19.0 Å². The predicted octanol–water partition coefficient (Wildman–Crippen LogP) is 5.72. The molecule has 0 spiro atoms. The molecule has 0 radical (unpaired) electrons. The lowest BCUT2D eigenvalue weighted by Gasteiger charge is -2.60. The molecule has 214 valence electrons. The Morgan fingerprint density at radius 2 is 1.82 bits per heavy atom. The van der Waals surface area contributed by atoms with E-state index in [1.54, 1.807) is 19.2 Å². The number of aliphatic hydroxyl groups excluding tert-OH is 1. The number of benzene rings is 1. The highest BCUT2D eigenvalue weighted by Crippen LogP contribution is 2.66. The van der Waals surface area contributed by atoms with Gasteiger partial charge in [0.2, 0.25) is 0 Å². The fourth-order valence-electron chi connectivity index (χ4n) is 9.63. The standard InChI is InChI=1S/C33H47NO5/c1-32-13-10-23(35)19-22(32)4-6-26-27-8-9-30(33(27,2)14-11-28(26)32)38-17-16-34-15-12-21-18-31(36)39-29-20-24(37-3)5-7-25(21)29/h5,7,18,20,22-23,26-28,30,34-35H,4,6,8-17,19H2,1-3H3/t22-,23+,26-,27-,28-,30-,32-,33-/m0/s1. The Labute approximate surface area is 232 Å². The van der Waals surface area contributed by atoms with Crippen LogP contribution in [0.25, 0.3) is 11.0 Å². The Morgan fingerprint density at radius 1 is 1.00 bits per heavy atom. The van der Waals surface area contributed by atoms with Gasteiger partial charge in [-0.3, -0.25) is 0 Å². The summed E-state index contributed by atoms with van der Waals surface area (Å²) in [7, 11) is 1.61. The molecular weight excluding hydrogens is 490 g/mol. The number of ether oxygens (including phenoxy) is 2. The van der Waals surface area contributed by atoms with E-state index >= 15 is 0 Å². The van der Waals surface area contributed by atoms with Crippen LogP contribution in [0.1, 0.15) is 77.2 Å². The van der Waals surface area contributed by atoms with Gasteiger partial charge in [-0.1, -0.05) is 13.8 Å². The van der Waals surface area contributed by atoms with Gasteiger partial charge in [-0.05, 0) is 123 Å². The van der Waals surface area contributed by atoms with Crippen LogP contribution >= 0.6 is 0 Å². The first-order valence-corrected chi connectivity index (χ1v) is 15.4. The van der Waals surface area contributed by atoms with Gasteiger partial charge in [0, 0.05) is 24.1 Å². The SMILES string of the molecule is COc1ccc2c(CCNCCO[C@H]3CC[C@H]4[C@@H]5CC[C@H]6C[C@H](O)CC[C@]6(C)[C@H]5CC[C@]34C)cc(=O)oc2c1. The number of aliphatic hydroxyl groups is 1. The van der Waals surface area contributed by atoms with Crippen molar-refractivity contribution >= 4 is 11.0 Å². The number of hydrogen-bond acceptors (Lipinski definition) is 6. The molecule has 2 aromatic rings. The highest BCUT2D eigenvalue weighted by atomic mass is 16.5. The van der Waals surface area contributed by atoms with E-state index in [1.807, 2.05) is 12.1 Å². The molecule has 0 saturated heterocycles. The Bertz CT molecular complexity index is 1230. The Morgan fingerprint density at radius 3 is 2.67 bits per heavy atom. The van der Waals surface area contributed by atoms with E-state index in [1.165, 1.54) is 44.9 Å². The van der Waals surface area contributed by atoms with Crippen LogP contribution in [0.15, 0.2) is 33.5 Å². The van der Waals surface area contributed by atoms with Gasteiger partial charge >= 0.3 is 5.63 Å². The lowest BCUT2D eigenvalue weighted by atomic mass is 9.45. The van der Waals surface area contributed by atoms with Crippen LogP contribution in [0.2, 0.25) is 0 Å². The van der Waals surface area contributed by atoms with Gasteiger partial charge in [0.1, 0.15) is 11.3 Å². The van der Waals surface area contributed by atoms with Crippen LogP contribution in [0, 0.1) is 34.5 Å². The molecule has 1 aromatic heterocycles. The van der Waals surface area contributed by atoms with Gasteiger partial charge in [0.25, 0.3) is 0 Å². The Kier molecular flexibility index (Phi) is 7.58. The molecule has 6 nitrogen and oxygen atoms in total. The fraction of sp³-hybridized carbons (Fsp3) is 0.727. The van der Waals surface area contributed by atoms with Crippen molar-refractivity contribution in [1.82, 2.24) is 5.32 Å². The number of fused-ring (bicyclic) bond motifs is 6. The first-order valence-electron chi connectivity index (χ1n) is 15.4. The molecule has 0 amide bonds. The summed E-state index contributed by atoms with van der Waals surface area (Å²) in [6.45, 7) is 7.43. The zero-order valence-corrected chi connectivity index (χ0v) is 24.0. The number of methoxy groups -OCH3 is 1. The Hall–Kier alpha value is -1.89. The second-order valence-corrected chi connectivity index (χ2v) is 13.5. The van der Waals surface area contributed by atoms with Crippen LogP contribution in [0.4, 0.5) is 0 Å². The lowest BCUT2D eigenvalue weighted by Crippen LogP contribution is -2.54. The monoisotopic (exact) mass is 537 g/mol. The maximum absolute atomic E-state index is 12.1. The van der Waals surface area contributed by atoms with E-state index in [9.17, 15) is 9.90 Å². The minimum Gasteiger partial charge on any atom is -0.497 e. The third-order valence-electron chi connectivity index (χ3n) is 11.8. The van der Waals surface area contributed by atoms with E-state index in [0.29, 0.717) is 28.3 Å². The van der Waals surface area contributed by atoms with E-state index in [-0.39, 0.29) is 11.7 Å². The Balaban J connectivity index is 1.00. The van der Waals surface area contributed by atoms with Crippen LogP contribution in [-0.4, -0.2) is 44.1 Å². The first-order chi connectivity index (χ1) is 18.8. The summed E-state index contributed by atoms with van der Waals surface area (Å²) < 4.78 is 17.2.